The molecule has 372 valence electrons. The maximum atomic E-state index is 11.4. The van der Waals surface area contributed by atoms with Crippen LogP contribution in [0.4, 0.5) is 0 Å². The summed E-state index contributed by atoms with van der Waals surface area (Å²) >= 11 is 0. The number of methoxy groups -OCH3 is 3. The Morgan fingerprint density at radius 1 is 0.818 bits per heavy atom. The van der Waals surface area contributed by atoms with E-state index in [-0.39, 0.29) is 75.8 Å². The number of hydrogen-bond acceptors (Lipinski definition) is 16. The molecule has 3 aliphatic heterocycles. The van der Waals surface area contributed by atoms with E-state index in [0.717, 1.165) is 36.3 Å². The van der Waals surface area contributed by atoms with E-state index >= 15 is 0 Å². The molecule has 0 aliphatic carbocycles. The molecule has 0 aromatic heterocycles. The van der Waals surface area contributed by atoms with Crippen LogP contribution in [0.15, 0.2) is 71.4 Å². The summed E-state index contributed by atoms with van der Waals surface area (Å²) in [6.45, 7) is 23.1. The first-order valence-electron chi connectivity index (χ1n) is 21.8. The smallest absolute Gasteiger partial charge is 0.370 e. The Bertz CT molecular complexity index is 1780. The normalized spacial score (nSPS) is 26.6. The largest absolute Gasteiger partial charge is 0.493 e. The molecule has 0 aromatic carbocycles. The van der Waals surface area contributed by atoms with Crippen molar-refractivity contribution in [1.82, 2.24) is 21.3 Å². The summed E-state index contributed by atoms with van der Waals surface area (Å²) < 4.78 is 33.5. The van der Waals surface area contributed by atoms with Crippen LogP contribution in [0.25, 0.3) is 0 Å². The number of carbonyl (C=O) groups is 1. The number of allylic oxidation sites excluding steroid dienone is 3. The van der Waals surface area contributed by atoms with Gasteiger partial charge in [0, 0.05) is 48.1 Å². The summed E-state index contributed by atoms with van der Waals surface area (Å²) in [6, 6.07) is -1.81. The quantitative estimate of drug-likeness (QED) is 0.0439. The Balaban J connectivity index is 0.000000970. The molecule has 12 unspecified atom stereocenters. The average molecular weight is 1100 g/mol. The van der Waals surface area contributed by atoms with Crippen LogP contribution in [0, 0.1) is 23.7 Å². The van der Waals surface area contributed by atoms with Crippen molar-refractivity contribution >= 4 is 29.8 Å². The van der Waals surface area contributed by atoms with Crippen molar-refractivity contribution in [3.05, 3.63) is 66.4 Å². The molecule has 3 rings (SSSR count). The van der Waals surface area contributed by atoms with E-state index < -0.39 is 36.4 Å². The van der Waals surface area contributed by atoms with Crippen LogP contribution >= 0.6 is 0 Å². The molecule has 20 heteroatoms. The average Bonchev–Trinajstić information content (AvgIpc) is 3.26. The molecule has 3 heterocycles. The number of nitrogens with zero attached hydrogens (tertiary/aromatic N) is 1. The van der Waals surface area contributed by atoms with E-state index in [4.69, 9.17) is 45.6 Å². The first-order valence-corrected chi connectivity index (χ1v) is 21.8. The molecule has 0 bridgehead atoms. The summed E-state index contributed by atoms with van der Waals surface area (Å²) in [5.74, 6) is 6.76. The molecule has 66 heavy (non-hydrogen) atoms. The Morgan fingerprint density at radius 3 is 1.73 bits per heavy atom. The molecule has 0 fully saturated rings. The van der Waals surface area contributed by atoms with E-state index in [0.29, 0.717) is 23.7 Å². The number of carbonyl (C=O) groups excluding carboxylic acids is 3. The van der Waals surface area contributed by atoms with E-state index in [1.54, 1.807) is 17.8 Å². The van der Waals surface area contributed by atoms with Gasteiger partial charge in [-0.2, -0.15) is 0 Å². The molecule has 3 aliphatic rings. The van der Waals surface area contributed by atoms with Crippen molar-refractivity contribution in [2.45, 2.75) is 142 Å². The Hall–Kier alpha value is -4.82. The molecule has 11 N–H and O–H groups in total. The number of hydrogen-bond donors (Lipinski definition) is 8. The van der Waals surface area contributed by atoms with Crippen LogP contribution in [0.1, 0.15) is 75.2 Å². The maximum absolute atomic E-state index is 11.4. The second-order valence-corrected chi connectivity index (χ2v) is 16.5. The van der Waals surface area contributed by atoms with Crippen LogP contribution in [0.3, 0.4) is 0 Å². The molecular formula is C46H76N8O11W. The number of aliphatic imine (C=N–C) groups is 1. The van der Waals surface area contributed by atoms with E-state index in [1.807, 2.05) is 32.9 Å². The van der Waals surface area contributed by atoms with Gasteiger partial charge in [0.25, 0.3) is 0 Å². The molecule has 0 saturated carbocycles. The fraction of sp³-hybridized carbons (Fsp3) is 0.652. The Morgan fingerprint density at radius 2 is 1.30 bits per heavy atom. The third-order valence-corrected chi connectivity index (χ3v) is 11.9. The number of guanidine groups is 1. The van der Waals surface area contributed by atoms with Crippen LogP contribution in [0.2, 0.25) is 0 Å². The molecule has 0 spiro atoms. The summed E-state index contributed by atoms with van der Waals surface area (Å²) in [6.07, 6.45) is 8.65. The molecule has 19 nitrogen and oxygen atoms in total. The summed E-state index contributed by atoms with van der Waals surface area (Å²) in [5, 5.41) is 21.6. The number of nitrogens with two attached hydrogens (primary N) is 3. The number of rotatable bonds is 22. The van der Waals surface area contributed by atoms with Gasteiger partial charge in [-0.05, 0) is 62.7 Å². The zero-order valence-electron chi connectivity index (χ0n) is 40.6. The zero-order valence-corrected chi connectivity index (χ0v) is 43.5. The van der Waals surface area contributed by atoms with E-state index in [1.165, 1.54) is 39.8 Å². The number of ether oxygens (including phenoxy) is 6. The fourth-order valence-corrected chi connectivity index (χ4v) is 7.83. The summed E-state index contributed by atoms with van der Waals surface area (Å²) in [7, 11) is 4.35. The topological polar surface area (TPSA) is 282 Å². The number of aliphatic carboxylic acids is 1. The second kappa shape index (κ2) is 32.0. The monoisotopic (exact) mass is 1100 g/mol. The van der Waals surface area contributed by atoms with Crippen molar-refractivity contribution in [3.8, 4) is 0 Å². The molecule has 0 amide bonds. The van der Waals surface area contributed by atoms with Gasteiger partial charge in [-0.3, -0.25) is 0 Å². The standard InChI is InChI=1S/C17H28N2O2.C15H24N4O7.C14H24N2O2.W/c1-7-12(4)14(6)17-16(18-8-9-20)15(19-11(2)3)10-13(5)21-17;1-23-7-10(24-2)12(25-3)13-11(18-4-5-20)8(19-15(16)17)6-9(26-13)14(21)22;1-5-9(2)11(4)14-13(16-6-7-17)12(15)8-10(3)18-14;/h8,10,12,14-19H,2,7H2,1,3-6H3;4,6,8,10-13,18H,7H2,1-3H3,(H,21,22)(H4,16,17,19);6,8-9,11-14,16H,5,15H2,1-4H3;/t12?,14?,15?,16?,17-;8?,10?,11?,12?,13-;9?,11?,12?,13?,14-;/m010./s1. The van der Waals surface area contributed by atoms with Gasteiger partial charge >= 0.3 is 5.97 Å². The van der Waals surface area contributed by atoms with E-state index in [2.05, 4.69) is 74.4 Å². The van der Waals surface area contributed by atoms with Gasteiger partial charge in [0.15, 0.2) is 12.1 Å². The minimum atomic E-state index is -1.30. The van der Waals surface area contributed by atoms with Crippen LogP contribution in [-0.2, 0) is 68.7 Å². The van der Waals surface area contributed by atoms with Crippen molar-refractivity contribution in [2.24, 2.45) is 45.9 Å². The van der Waals surface area contributed by atoms with Crippen molar-refractivity contribution in [2.75, 3.05) is 27.9 Å². The summed E-state index contributed by atoms with van der Waals surface area (Å²) in [5.41, 5.74) is 17.9. The molecule has 15 atom stereocenters. The number of nitrogens with one attached hydrogen (secondary N) is 4. The minimum Gasteiger partial charge on any atom is -0.493 e. The zero-order chi connectivity index (χ0) is 49.4. The predicted molar refractivity (Wildman–Crippen MR) is 249 cm³/mol. The summed E-state index contributed by atoms with van der Waals surface area (Å²) in [4.78, 5) is 47.0. The first kappa shape index (κ1) is 61.2. The van der Waals surface area contributed by atoms with Gasteiger partial charge in [0.2, 0.25) is 5.76 Å². The maximum Gasteiger partial charge on any atom is 0.370 e. The van der Waals surface area contributed by atoms with Crippen LogP contribution in [-0.4, -0.2) is 130 Å². The SMILES string of the molecule is C=C(C)NC1C=C(C)O[C@@H](C(C)C(C)CC)C1NC=C=O.CCC(C)C(C)[C@@H]1OC(C)=CC(N)C1NC=C=O.COCC(OC)C(OC)[C@@H]1OC(C(=O)O)=CC(N=C(N)N)C1NC=C=O.[W]. The fourth-order valence-electron chi connectivity index (χ4n) is 7.83. The number of carboxylic acids is 1. The predicted octanol–water partition coefficient (Wildman–Crippen LogP) is 2.34. The van der Waals surface area contributed by atoms with Gasteiger partial charge in [0.1, 0.15) is 42.2 Å². The van der Waals surface area contributed by atoms with E-state index in [9.17, 15) is 24.3 Å². The molecule has 0 radical (unpaired) electrons. The second-order valence-electron chi connectivity index (χ2n) is 16.5. The van der Waals surface area contributed by atoms with Gasteiger partial charge in [-0.15, -0.1) is 0 Å². The van der Waals surface area contributed by atoms with Crippen molar-refractivity contribution in [3.63, 3.8) is 0 Å². The molecular weight excluding hydrogens is 1020 g/mol. The third kappa shape index (κ3) is 19.2. The van der Waals surface area contributed by atoms with Gasteiger partial charge in [0.05, 0.1) is 73.0 Å². The molecule has 0 saturated heterocycles. The van der Waals surface area contributed by atoms with Crippen LogP contribution in [0.5, 0.6) is 0 Å². The number of carboxylic acid groups (broad SMARTS) is 1. The van der Waals surface area contributed by atoms with Crippen LogP contribution < -0.4 is 38.5 Å². The first-order chi connectivity index (χ1) is 30.8. The van der Waals surface area contributed by atoms with Gasteiger partial charge in [-0.1, -0.05) is 61.0 Å². The minimum absolute atomic E-state index is 0. The molecule has 0 aromatic rings. The van der Waals surface area contributed by atoms with Crippen molar-refractivity contribution < 1.29 is 73.8 Å². The van der Waals surface area contributed by atoms with Gasteiger partial charge < -0.3 is 72.0 Å². The van der Waals surface area contributed by atoms with Gasteiger partial charge in [-0.25, -0.2) is 24.2 Å². The Kier molecular flexibility index (Phi) is 29.6. The Labute approximate surface area is 405 Å². The third-order valence-electron chi connectivity index (χ3n) is 11.9. The van der Waals surface area contributed by atoms with Crippen molar-refractivity contribution in [1.29, 1.82) is 0 Å².